The van der Waals surface area contributed by atoms with Crippen molar-refractivity contribution in [1.29, 1.82) is 0 Å². The van der Waals surface area contributed by atoms with Gasteiger partial charge in [0.15, 0.2) is 0 Å². The molecule has 1 rings (SSSR count). The molecule has 0 aliphatic carbocycles. The van der Waals surface area contributed by atoms with Gasteiger partial charge in [0.2, 0.25) is 0 Å². The number of aliphatic hydroxyl groups is 1. The summed E-state index contributed by atoms with van der Waals surface area (Å²) in [5.41, 5.74) is 0.320. The van der Waals surface area contributed by atoms with Crippen LogP contribution in [0.15, 0.2) is 18.2 Å². The van der Waals surface area contributed by atoms with E-state index in [2.05, 4.69) is 5.32 Å². The van der Waals surface area contributed by atoms with Gasteiger partial charge in [-0.15, -0.1) is 0 Å². The van der Waals surface area contributed by atoms with Crippen molar-refractivity contribution in [3.05, 3.63) is 33.8 Å². The van der Waals surface area contributed by atoms with Crippen LogP contribution in [0.5, 0.6) is 0 Å². The Labute approximate surface area is 104 Å². The average Bonchev–Trinajstić information content (AvgIpc) is 2.28. The zero-order valence-corrected chi connectivity index (χ0v) is 10.3. The Kier molecular flexibility index (Phi) is 5.06. The van der Waals surface area contributed by atoms with E-state index in [0.717, 1.165) is 0 Å². The number of hydrogen-bond donors (Lipinski definition) is 2. The third kappa shape index (κ3) is 3.37. The lowest BCUT2D eigenvalue weighted by Crippen LogP contribution is -2.37. The maximum atomic E-state index is 11.8. The van der Waals surface area contributed by atoms with Crippen molar-refractivity contribution < 1.29 is 9.90 Å². The van der Waals surface area contributed by atoms with Crippen molar-refractivity contribution in [3.8, 4) is 0 Å². The number of aliphatic hydroxyl groups excluding tert-OH is 1. The third-order valence-electron chi connectivity index (χ3n) is 2.22. The van der Waals surface area contributed by atoms with Gasteiger partial charge in [0.1, 0.15) is 0 Å². The summed E-state index contributed by atoms with van der Waals surface area (Å²) in [6.45, 7) is 1.78. The van der Waals surface area contributed by atoms with Crippen LogP contribution in [0.1, 0.15) is 23.7 Å². The van der Waals surface area contributed by atoms with E-state index in [1.165, 1.54) is 6.07 Å². The van der Waals surface area contributed by atoms with Crippen LogP contribution in [0.25, 0.3) is 0 Å². The minimum absolute atomic E-state index is 0.0968. The molecule has 1 atom stereocenters. The first kappa shape index (κ1) is 13.3. The van der Waals surface area contributed by atoms with E-state index in [9.17, 15) is 4.79 Å². The van der Waals surface area contributed by atoms with Gasteiger partial charge in [-0.2, -0.15) is 0 Å². The molecule has 2 N–H and O–H groups in total. The number of amides is 1. The lowest BCUT2D eigenvalue weighted by Gasteiger charge is -2.14. The van der Waals surface area contributed by atoms with Crippen LogP contribution in [0, 0.1) is 0 Å². The highest BCUT2D eigenvalue weighted by Crippen LogP contribution is 2.20. The highest BCUT2D eigenvalue weighted by molar-refractivity contribution is 6.35. The van der Waals surface area contributed by atoms with E-state index < -0.39 is 0 Å². The summed E-state index contributed by atoms with van der Waals surface area (Å²) in [7, 11) is 0. The maximum Gasteiger partial charge on any atom is 0.253 e. The molecule has 0 aliphatic rings. The summed E-state index contributed by atoms with van der Waals surface area (Å²) in [5.74, 6) is -0.326. The largest absolute Gasteiger partial charge is 0.394 e. The lowest BCUT2D eigenvalue weighted by atomic mass is 10.1. The molecule has 0 spiro atoms. The van der Waals surface area contributed by atoms with Crippen LogP contribution in [0.3, 0.4) is 0 Å². The second-order valence-electron chi connectivity index (χ2n) is 3.39. The quantitative estimate of drug-likeness (QED) is 0.875. The number of carbonyl (C=O) groups is 1. The Balaban J connectivity index is 2.83. The van der Waals surface area contributed by atoms with Gasteiger partial charge in [-0.1, -0.05) is 30.1 Å². The number of nitrogens with one attached hydrogen (secondary N) is 1. The zero-order chi connectivity index (χ0) is 12.1. The number of rotatable bonds is 4. The molecule has 88 valence electrons. The highest BCUT2D eigenvalue weighted by atomic mass is 35.5. The lowest BCUT2D eigenvalue weighted by molar-refractivity contribution is 0.0915. The molecule has 0 saturated carbocycles. The minimum atomic E-state index is -0.326. The summed E-state index contributed by atoms with van der Waals surface area (Å²) >= 11 is 11.7. The number of hydrogen-bond acceptors (Lipinski definition) is 2. The number of carbonyl (C=O) groups excluding carboxylic acids is 1. The van der Waals surface area contributed by atoms with E-state index in [-0.39, 0.29) is 18.6 Å². The molecule has 0 heterocycles. The van der Waals surface area contributed by atoms with Gasteiger partial charge >= 0.3 is 0 Å². The van der Waals surface area contributed by atoms with Gasteiger partial charge in [0.25, 0.3) is 5.91 Å². The first-order valence-corrected chi connectivity index (χ1v) is 5.70. The average molecular weight is 262 g/mol. The van der Waals surface area contributed by atoms with Crippen LogP contribution >= 0.6 is 23.2 Å². The fourth-order valence-electron chi connectivity index (χ4n) is 1.21. The van der Waals surface area contributed by atoms with Crippen molar-refractivity contribution in [2.45, 2.75) is 19.4 Å². The Bertz CT molecular complexity index is 378. The maximum absolute atomic E-state index is 11.8. The minimum Gasteiger partial charge on any atom is -0.394 e. The predicted molar refractivity (Wildman–Crippen MR) is 65.1 cm³/mol. The molecule has 1 amide bonds. The molecule has 5 heteroatoms. The number of halogens is 2. The first-order chi connectivity index (χ1) is 7.58. The van der Waals surface area contributed by atoms with Crippen LogP contribution in [0.2, 0.25) is 10.0 Å². The molecule has 0 aromatic heterocycles. The SMILES string of the molecule is CCC(CO)NC(=O)c1cc(Cl)ccc1Cl. The van der Waals surface area contributed by atoms with Gasteiger partial charge in [0.05, 0.1) is 23.2 Å². The fraction of sp³-hybridized carbons (Fsp3) is 0.364. The molecule has 1 aromatic carbocycles. The Hall–Kier alpha value is -0.770. The van der Waals surface area contributed by atoms with E-state index in [4.69, 9.17) is 28.3 Å². The molecule has 3 nitrogen and oxygen atoms in total. The van der Waals surface area contributed by atoms with Gasteiger partial charge in [-0.3, -0.25) is 4.79 Å². The van der Waals surface area contributed by atoms with Crippen molar-refractivity contribution in [1.82, 2.24) is 5.32 Å². The zero-order valence-electron chi connectivity index (χ0n) is 8.84. The van der Waals surface area contributed by atoms with Crippen LogP contribution in [-0.2, 0) is 0 Å². The molecule has 0 bridgehead atoms. The fourth-order valence-corrected chi connectivity index (χ4v) is 1.59. The van der Waals surface area contributed by atoms with Crippen LogP contribution < -0.4 is 5.32 Å². The second kappa shape index (κ2) is 6.09. The molecule has 0 fully saturated rings. The van der Waals surface area contributed by atoms with Crippen molar-refractivity contribution in [2.24, 2.45) is 0 Å². The standard InChI is InChI=1S/C11H13Cl2NO2/c1-2-8(6-15)14-11(16)9-5-7(12)3-4-10(9)13/h3-5,8,15H,2,6H2,1H3,(H,14,16). The van der Waals surface area contributed by atoms with Crippen LogP contribution in [-0.4, -0.2) is 23.7 Å². The van der Waals surface area contributed by atoms with Crippen molar-refractivity contribution >= 4 is 29.1 Å². The van der Waals surface area contributed by atoms with Gasteiger partial charge < -0.3 is 10.4 Å². The summed E-state index contributed by atoms with van der Waals surface area (Å²) < 4.78 is 0. The Morgan fingerprint density at radius 2 is 2.19 bits per heavy atom. The first-order valence-electron chi connectivity index (χ1n) is 4.95. The van der Waals surface area contributed by atoms with Crippen molar-refractivity contribution in [3.63, 3.8) is 0 Å². The molecular formula is C11H13Cl2NO2. The molecule has 0 saturated heterocycles. The van der Waals surface area contributed by atoms with Gasteiger partial charge in [-0.25, -0.2) is 0 Å². The third-order valence-corrected chi connectivity index (χ3v) is 2.79. The van der Waals surface area contributed by atoms with Crippen LogP contribution in [0.4, 0.5) is 0 Å². The Morgan fingerprint density at radius 3 is 2.75 bits per heavy atom. The normalized spacial score (nSPS) is 12.2. The molecule has 1 aromatic rings. The Morgan fingerprint density at radius 1 is 1.50 bits per heavy atom. The van der Waals surface area contributed by atoms with Gasteiger partial charge in [0, 0.05) is 5.02 Å². The molecular weight excluding hydrogens is 249 g/mol. The van der Waals surface area contributed by atoms with Gasteiger partial charge in [-0.05, 0) is 24.6 Å². The molecule has 0 radical (unpaired) electrons. The van der Waals surface area contributed by atoms with E-state index in [1.54, 1.807) is 12.1 Å². The highest BCUT2D eigenvalue weighted by Gasteiger charge is 2.14. The second-order valence-corrected chi connectivity index (χ2v) is 4.23. The summed E-state index contributed by atoms with van der Waals surface area (Å²) in [5, 5.41) is 12.4. The van der Waals surface area contributed by atoms with E-state index in [0.29, 0.717) is 22.0 Å². The topological polar surface area (TPSA) is 49.3 Å². The smallest absolute Gasteiger partial charge is 0.253 e. The summed E-state index contributed by atoms with van der Waals surface area (Å²) in [4.78, 5) is 11.8. The van der Waals surface area contributed by atoms with Crippen molar-refractivity contribution in [2.75, 3.05) is 6.61 Å². The predicted octanol–water partition coefficient (Wildman–Crippen LogP) is 2.49. The molecule has 1 unspecified atom stereocenters. The summed E-state index contributed by atoms with van der Waals surface area (Å²) in [6.07, 6.45) is 0.653. The monoisotopic (exact) mass is 261 g/mol. The molecule has 16 heavy (non-hydrogen) atoms. The van der Waals surface area contributed by atoms with E-state index in [1.807, 2.05) is 6.92 Å². The molecule has 0 aliphatic heterocycles. The van der Waals surface area contributed by atoms with E-state index >= 15 is 0 Å². The number of benzene rings is 1. The summed E-state index contributed by atoms with van der Waals surface area (Å²) in [6, 6.07) is 4.43.